The predicted molar refractivity (Wildman–Crippen MR) is 155 cm³/mol. The molecule has 4 heterocycles. The molecule has 42 heavy (non-hydrogen) atoms. The second-order valence-electron chi connectivity index (χ2n) is 11.2. The molecule has 2 bridgehead atoms. The summed E-state index contributed by atoms with van der Waals surface area (Å²) in [4.78, 5) is 40.1. The monoisotopic (exact) mass is 576 g/mol. The van der Waals surface area contributed by atoms with Gasteiger partial charge in [0.05, 0.1) is 33.1 Å². The average molecular weight is 577 g/mol. The number of methoxy groups -OCH3 is 2. The van der Waals surface area contributed by atoms with Gasteiger partial charge in [0.15, 0.2) is 17.3 Å². The van der Waals surface area contributed by atoms with E-state index in [1.807, 2.05) is 17.6 Å². The molecule has 0 saturated carbocycles. The van der Waals surface area contributed by atoms with E-state index in [4.69, 9.17) is 18.6 Å². The van der Waals surface area contributed by atoms with E-state index in [1.54, 1.807) is 30.3 Å². The van der Waals surface area contributed by atoms with E-state index in [9.17, 15) is 19.5 Å². The number of hydrogen-bond donors (Lipinski definition) is 1. The number of pyridine rings is 1. The minimum absolute atomic E-state index is 0.0188. The Labute approximate surface area is 243 Å². The Morgan fingerprint density at radius 2 is 1.93 bits per heavy atom. The highest BCUT2D eigenvalue weighted by Gasteiger charge is 2.35. The molecule has 1 fully saturated rings. The summed E-state index contributed by atoms with van der Waals surface area (Å²) in [5.74, 6) is -0.167. The van der Waals surface area contributed by atoms with Gasteiger partial charge in [-0.15, -0.1) is 0 Å². The van der Waals surface area contributed by atoms with Crippen molar-refractivity contribution >= 4 is 5.97 Å². The van der Waals surface area contributed by atoms with Gasteiger partial charge in [-0.2, -0.15) is 0 Å². The molecule has 1 N–H and O–H groups in total. The number of carbonyl (C=O) groups excluding carboxylic acids is 1. The lowest BCUT2D eigenvalue weighted by molar-refractivity contribution is -0.140. The number of esters is 1. The first-order valence-corrected chi connectivity index (χ1v) is 14.0. The standard InChI is InChI=1S/C32H36N2O8/c1-19(2)18-41-27-9-8-21(11-28(27)39-3)24(13-30(37)40-4)32-31(38)26(35)12-23(42-32)17-33-14-20-10-22(16-33)25-6-5-7-29(36)34(25)15-20/h5-9,11-12,20,22,24,38H,1,10,13-18H2,2-4H3/t20-,22+,24?/m1/s1. The van der Waals surface area contributed by atoms with E-state index in [-0.39, 0.29) is 23.7 Å². The van der Waals surface area contributed by atoms with Crippen LogP contribution in [0.2, 0.25) is 0 Å². The normalized spacial score (nSPS) is 18.5. The third kappa shape index (κ3) is 6.13. The van der Waals surface area contributed by atoms with Crippen LogP contribution >= 0.6 is 0 Å². The fourth-order valence-electron chi connectivity index (χ4n) is 6.05. The van der Waals surface area contributed by atoms with Crippen LogP contribution in [0.4, 0.5) is 0 Å². The van der Waals surface area contributed by atoms with E-state index >= 15 is 0 Å². The van der Waals surface area contributed by atoms with Crippen LogP contribution in [-0.2, 0) is 22.6 Å². The molecule has 0 radical (unpaired) electrons. The third-order valence-corrected chi connectivity index (χ3v) is 7.91. The topological polar surface area (TPSA) is 120 Å². The minimum atomic E-state index is -0.825. The smallest absolute Gasteiger partial charge is 0.306 e. The van der Waals surface area contributed by atoms with Gasteiger partial charge in [0.1, 0.15) is 12.4 Å². The maximum atomic E-state index is 13.0. The second-order valence-corrected chi connectivity index (χ2v) is 11.2. The summed E-state index contributed by atoms with van der Waals surface area (Å²) < 4.78 is 24.3. The highest BCUT2D eigenvalue weighted by Crippen LogP contribution is 2.39. The van der Waals surface area contributed by atoms with Gasteiger partial charge in [-0.3, -0.25) is 19.3 Å². The first-order valence-electron chi connectivity index (χ1n) is 14.0. The fourth-order valence-corrected chi connectivity index (χ4v) is 6.05. The number of aromatic nitrogens is 1. The highest BCUT2D eigenvalue weighted by molar-refractivity contribution is 5.71. The van der Waals surface area contributed by atoms with Gasteiger partial charge < -0.3 is 28.3 Å². The van der Waals surface area contributed by atoms with Crippen LogP contribution in [0.25, 0.3) is 0 Å². The Hall–Kier alpha value is -4.31. The summed E-state index contributed by atoms with van der Waals surface area (Å²) in [5, 5.41) is 10.9. The van der Waals surface area contributed by atoms with Crippen LogP contribution in [0.5, 0.6) is 17.2 Å². The predicted octanol–water partition coefficient (Wildman–Crippen LogP) is 3.78. The number of fused-ring (bicyclic) bond motifs is 4. The molecule has 3 aromatic rings. The maximum Gasteiger partial charge on any atom is 0.306 e. The van der Waals surface area contributed by atoms with Crippen LogP contribution in [-0.4, -0.2) is 54.5 Å². The number of carbonyl (C=O) groups is 1. The Balaban J connectivity index is 1.45. The molecule has 0 amide bonds. The van der Waals surface area contributed by atoms with Crippen molar-refractivity contribution in [1.82, 2.24) is 9.47 Å². The van der Waals surface area contributed by atoms with Crippen LogP contribution in [0.1, 0.15) is 54.4 Å². The zero-order valence-corrected chi connectivity index (χ0v) is 24.1. The molecule has 1 aromatic carbocycles. The summed E-state index contributed by atoms with van der Waals surface area (Å²) in [5.41, 5.74) is 1.87. The Kier molecular flexibility index (Phi) is 8.54. The summed E-state index contributed by atoms with van der Waals surface area (Å²) >= 11 is 0. The van der Waals surface area contributed by atoms with Crippen LogP contribution in [0.3, 0.4) is 0 Å². The molecule has 10 heteroatoms. The quantitative estimate of drug-likeness (QED) is 0.284. The molecule has 2 aromatic heterocycles. The number of piperidine rings is 1. The molecule has 2 aliphatic rings. The molecule has 3 atom stereocenters. The van der Waals surface area contributed by atoms with Crippen molar-refractivity contribution in [2.75, 3.05) is 33.9 Å². The van der Waals surface area contributed by atoms with Crippen molar-refractivity contribution in [2.45, 2.75) is 44.7 Å². The van der Waals surface area contributed by atoms with Gasteiger partial charge in [0.2, 0.25) is 11.2 Å². The van der Waals surface area contributed by atoms with Gasteiger partial charge in [-0.05, 0) is 48.6 Å². The number of rotatable bonds is 10. The van der Waals surface area contributed by atoms with Gasteiger partial charge in [-0.1, -0.05) is 18.7 Å². The Morgan fingerprint density at radius 3 is 2.67 bits per heavy atom. The lowest BCUT2D eigenvalue weighted by atomic mass is 9.83. The van der Waals surface area contributed by atoms with Gasteiger partial charge in [0, 0.05) is 43.4 Å². The molecular formula is C32H36N2O8. The summed E-state index contributed by atoms with van der Waals surface area (Å²) in [6, 6.07) is 11.8. The summed E-state index contributed by atoms with van der Waals surface area (Å²) in [7, 11) is 2.78. The average Bonchev–Trinajstić information content (AvgIpc) is 2.97. The zero-order valence-electron chi connectivity index (χ0n) is 24.1. The van der Waals surface area contributed by atoms with Gasteiger partial charge in [0.25, 0.3) is 5.56 Å². The number of ether oxygens (including phenoxy) is 3. The SMILES string of the molecule is C=C(C)COc1ccc(C(CC(=O)OC)c2oc(CN3C[C@H]4C[C@@H](C3)c3cccc(=O)n3C4)cc(=O)c2O)cc1OC. The molecule has 1 unspecified atom stereocenters. The molecule has 0 spiro atoms. The van der Waals surface area contributed by atoms with Gasteiger partial charge in [-0.25, -0.2) is 0 Å². The number of benzene rings is 1. The van der Waals surface area contributed by atoms with Crippen LogP contribution in [0.15, 0.2) is 68.6 Å². The van der Waals surface area contributed by atoms with E-state index in [0.717, 1.165) is 24.2 Å². The minimum Gasteiger partial charge on any atom is -0.502 e. The second kappa shape index (κ2) is 12.3. The van der Waals surface area contributed by atoms with Crippen molar-refractivity contribution in [3.05, 3.63) is 98.0 Å². The molecule has 1 saturated heterocycles. The van der Waals surface area contributed by atoms with Crippen molar-refractivity contribution in [1.29, 1.82) is 0 Å². The van der Waals surface area contributed by atoms with Crippen molar-refractivity contribution < 1.29 is 28.5 Å². The largest absolute Gasteiger partial charge is 0.502 e. The fraction of sp³-hybridized carbons (Fsp3) is 0.406. The van der Waals surface area contributed by atoms with Crippen LogP contribution in [0, 0.1) is 5.92 Å². The first kappa shape index (κ1) is 29.2. The molecular weight excluding hydrogens is 540 g/mol. The van der Waals surface area contributed by atoms with E-state index in [1.165, 1.54) is 20.3 Å². The Bertz CT molecular complexity index is 1610. The number of hydrogen-bond acceptors (Lipinski definition) is 9. The van der Waals surface area contributed by atoms with Crippen LogP contribution < -0.4 is 20.5 Å². The number of aromatic hydroxyl groups is 1. The highest BCUT2D eigenvalue weighted by atomic mass is 16.5. The number of nitrogens with zero attached hydrogens (tertiary/aromatic N) is 2. The molecule has 222 valence electrons. The lowest BCUT2D eigenvalue weighted by Gasteiger charge is -2.42. The van der Waals surface area contributed by atoms with E-state index in [2.05, 4.69) is 11.5 Å². The van der Waals surface area contributed by atoms with Crippen molar-refractivity contribution in [3.63, 3.8) is 0 Å². The summed E-state index contributed by atoms with van der Waals surface area (Å²) in [6.07, 6.45) is 0.824. The molecule has 2 aliphatic heterocycles. The molecule has 5 rings (SSSR count). The Morgan fingerprint density at radius 1 is 1.12 bits per heavy atom. The molecule has 10 nitrogen and oxygen atoms in total. The van der Waals surface area contributed by atoms with Gasteiger partial charge >= 0.3 is 5.97 Å². The first-order chi connectivity index (χ1) is 20.2. The van der Waals surface area contributed by atoms with E-state index in [0.29, 0.717) is 55.0 Å². The van der Waals surface area contributed by atoms with Crippen molar-refractivity contribution in [2.24, 2.45) is 5.92 Å². The maximum absolute atomic E-state index is 13.0. The molecule has 0 aliphatic carbocycles. The number of likely N-dealkylation sites (tertiary alicyclic amines) is 1. The summed E-state index contributed by atoms with van der Waals surface area (Å²) in [6.45, 7) is 8.44. The lowest BCUT2D eigenvalue weighted by Crippen LogP contribution is -2.46. The van der Waals surface area contributed by atoms with E-state index < -0.39 is 23.1 Å². The van der Waals surface area contributed by atoms with Crippen molar-refractivity contribution in [3.8, 4) is 17.2 Å². The third-order valence-electron chi connectivity index (χ3n) is 7.91. The zero-order chi connectivity index (χ0) is 30.0.